The Bertz CT molecular complexity index is 325. The minimum atomic E-state index is -3.70. The molecule has 17 heavy (non-hydrogen) atoms. The van der Waals surface area contributed by atoms with Crippen molar-refractivity contribution in [1.29, 1.82) is 0 Å². The summed E-state index contributed by atoms with van der Waals surface area (Å²) in [4.78, 5) is 20.4. The lowest BCUT2D eigenvalue weighted by Gasteiger charge is -2.12. The molecule has 0 radical (unpaired) electrons. The number of hydrogen-bond donors (Lipinski definition) is 3. The molecule has 0 aliphatic carbocycles. The van der Waals surface area contributed by atoms with Gasteiger partial charge in [0.15, 0.2) is 0 Å². The number of nitrogens with two attached hydrogens (primary N) is 1. The molecule has 0 aromatic rings. The van der Waals surface area contributed by atoms with Gasteiger partial charge in [0.1, 0.15) is 0 Å². The van der Waals surface area contributed by atoms with E-state index < -0.39 is 19.1 Å². The molecule has 2 unspecified atom stereocenters. The maximum absolute atomic E-state index is 11.6. The van der Waals surface area contributed by atoms with E-state index in [2.05, 4.69) is 6.92 Å². The molecule has 0 spiro atoms. The summed E-state index contributed by atoms with van der Waals surface area (Å²) in [7, 11) is -3.70. The van der Waals surface area contributed by atoms with Gasteiger partial charge in [-0.2, -0.15) is 0 Å². The van der Waals surface area contributed by atoms with Crippen LogP contribution in [0, 0.1) is 0 Å². The van der Waals surface area contributed by atoms with Crippen LogP contribution in [0.15, 0.2) is 11.4 Å². The van der Waals surface area contributed by atoms with Crippen molar-refractivity contribution >= 4 is 13.3 Å². The fourth-order valence-corrected chi connectivity index (χ4v) is 2.23. The molecule has 0 saturated heterocycles. The first-order chi connectivity index (χ1) is 7.81. The van der Waals surface area contributed by atoms with Gasteiger partial charge >= 0.3 is 5.97 Å². The Morgan fingerprint density at radius 3 is 2.41 bits per heavy atom. The molecule has 0 heterocycles. The Morgan fingerprint density at radius 1 is 1.41 bits per heavy atom. The summed E-state index contributed by atoms with van der Waals surface area (Å²) in [6.45, 7) is 3.46. The average Bonchev–Trinajstić information content (AvgIpc) is 2.22. The Hall–Kier alpha value is -0.640. The molecule has 100 valence electrons. The first-order valence-corrected chi connectivity index (χ1v) is 7.63. The fourth-order valence-electron chi connectivity index (χ4n) is 1.31. The van der Waals surface area contributed by atoms with E-state index in [1.165, 1.54) is 6.92 Å². The first kappa shape index (κ1) is 16.4. The normalized spacial score (nSPS) is 17.5. The number of hydrogen-bond acceptors (Lipinski definition) is 3. The van der Waals surface area contributed by atoms with Gasteiger partial charge in [-0.15, -0.1) is 0 Å². The molecule has 0 amide bonds. The van der Waals surface area contributed by atoms with Crippen molar-refractivity contribution in [2.24, 2.45) is 5.73 Å². The van der Waals surface area contributed by atoms with E-state index in [9.17, 15) is 14.3 Å². The van der Waals surface area contributed by atoms with Crippen LogP contribution in [0.4, 0.5) is 0 Å². The summed E-state index contributed by atoms with van der Waals surface area (Å²) in [5.41, 5.74) is 5.33. The summed E-state index contributed by atoms with van der Waals surface area (Å²) < 4.78 is 11.6. The zero-order valence-electron chi connectivity index (χ0n) is 10.4. The minimum absolute atomic E-state index is 0.00997. The Morgan fingerprint density at radius 2 is 2.00 bits per heavy atom. The van der Waals surface area contributed by atoms with Crippen molar-refractivity contribution in [1.82, 2.24) is 0 Å². The van der Waals surface area contributed by atoms with Crippen molar-refractivity contribution in [3.8, 4) is 0 Å². The zero-order valence-corrected chi connectivity index (χ0v) is 11.3. The lowest BCUT2D eigenvalue weighted by molar-refractivity contribution is -0.132. The van der Waals surface area contributed by atoms with Crippen LogP contribution in [0.1, 0.15) is 46.0 Å². The van der Waals surface area contributed by atoms with Gasteiger partial charge in [-0.25, -0.2) is 4.79 Å². The third-order valence-corrected chi connectivity index (χ3v) is 4.35. The van der Waals surface area contributed by atoms with Crippen LogP contribution < -0.4 is 5.73 Å². The minimum Gasteiger partial charge on any atom is -0.478 e. The zero-order chi connectivity index (χ0) is 13.5. The van der Waals surface area contributed by atoms with Crippen molar-refractivity contribution in [3.63, 3.8) is 0 Å². The number of carboxylic acid groups (broad SMARTS) is 1. The second-order valence-electron chi connectivity index (χ2n) is 4.18. The summed E-state index contributed by atoms with van der Waals surface area (Å²) in [5.74, 6) is -1.14. The monoisotopic (exact) mass is 263 g/mol. The number of rotatable bonds is 8. The van der Waals surface area contributed by atoms with Crippen LogP contribution >= 0.6 is 7.37 Å². The molecule has 0 aromatic heterocycles. The van der Waals surface area contributed by atoms with Crippen LogP contribution in [0.25, 0.3) is 0 Å². The van der Waals surface area contributed by atoms with E-state index in [0.29, 0.717) is 12.8 Å². The third kappa shape index (κ3) is 6.61. The molecular formula is C11H22NO4P. The van der Waals surface area contributed by atoms with Crippen LogP contribution in [-0.4, -0.2) is 21.8 Å². The van der Waals surface area contributed by atoms with Crippen molar-refractivity contribution in [2.75, 3.05) is 0 Å². The summed E-state index contributed by atoms with van der Waals surface area (Å²) >= 11 is 0. The molecule has 0 aliphatic rings. The highest BCUT2D eigenvalue weighted by Gasteiger charge is 2.23. The maximum atomic E-state index is 11.6. The lowest BCUT2D eigenvalue weighted by atomic mass is 10.1. The SMILES string of the molecule is CCCCCCC(=CP(=O)(O)C(C)N)C(=O)O. The smallest absolute Gasteiger partial charge is 0.331 e. The van der Waals surface area contributed by atoms with Gasteiger partial charge in [-0.3, -0.25) is 4.57 Å². The molecule has 0 aromatic carbocycles. The van der Waals surface area contributed by atoms with Gasteiger partial charge in [0.25, 0.3) is 0 Å². The van der Waals surface area contributed by atoms with Crippen LogP contribution in [0.5, 0.6) is 0 Å². The Labute approximate surface area is 102 Å². The molecule has 6 heteroatoms. The Balaban J connectivity index is 4.58. The summed E-state index contributed by atoms with van der Waals surface area (Å²) in [6, 6.07) is 0. The highest BCUT2D eigenvalue weighted by atomic mass is 31.2. The van der Waals surface area contributed by atoms with Gasteiger partial charge in [0, 0.05) is 11.4 Å². The van der Waals surface area contributed by atoms with Crippen LogP contribution in [-0.2, 0) is 9.36 Å². The van der Waals surface area contributed by atoms with Crippen LogP contribution in [0.3, 0.4) is 0 Å². The van der Waals surface area contributed by atoms with Gasteiger partial charge < -0.3 is 15.7 Å². The van der Waals surface area contributed by atoms with Crippen molar-refractivity contribution < 1.29 is 19.4 Å². The van der Waals surface area contributed by atoms with Crippen LogP contribution in [0.2, 0.25) is 0 Å². The van der Waals surface area contributed by atoms with E-state index >= 15 is 0 Å². The standard InChI is InChI=1S/C11H22NO4P/c1-3-4-5-6-7-10(11(13)14)8-17(15,16)9(2)12/h8-9H,3-7,12H2,1-2H3,(H,13,14)(H,15,16). The largest absolute Gasteiger partial charge is 0.478 e. The van der Waals surface area contributed by atoms with Gasteiger partial charge in [0.2, 0.25) is 7.37 Å². The molecule has 0 saturated carbocycles. The lowest BCUT2D eigenvalue weighted by Crippen LogP contribution is -2.14. The van der Waals surface area contributed by atoms with E-state index in [0.717, 1.165) is 25.1 Å². The predicted octanol–water partition coefficient (Wildman–Crippen LogP) is 2.50. The topological polar surface area (TPSA) is 101 Å². The predicted molar refractivity (Wildman–Crippen MR) is 68.0 cm³/mol. The number of aliphatic carboxylic acids is 1. The van der Waals surface area contributed by atoms with E-state index in [4.69, 9.17) is 10.8 Å². The second-order valence-corrected chi connectivity index (χ2v) is 6.60. The highest BCUT2D eigenvalue weighted by molar-refractivity contribution is 7.62. The van der Waals surface area contributed by atoms with E-state index in [1.807, 2.05) is 0 Å². The first-order valence-electron chi connectivity index (χ1n) is 5.84. The number of carboxylic acids is 1. The molecule has 4 N–H and O–H groups in total. The van der Waals surface area contributed by atoms with E-state index in [-0.39, 0.29) is 5.57 Å². The molecule has 5 nitrogen and oxygen atoms in total. The molecule has 0 rings (SSSR count). The van der Waals surface area contributed by atoms with E-state index in [1.54, 1.807) is 0 Å². The van der Waals surface area contributed by atoms with Gasteiger partial charge in [-0.05, 0) is 19.8 Å². The summed E-state index contributed by atoms with van der Waals surface area (Å²) in [6.07, 6.45) is 4.05. The second kappa shape index (κ2) is 7.64. The summed E-state index contributed by atoms with van der Waals surface area (Å²) in [5, 5.41) is 8.93. The van der Waals surface area contributed by atoms with Gasteiger partial charge in [-0.1, -0.05) is 26.2 Å². The Kier molecular flexibility index (Phi) is 7.35. The number of unbranched alkanes of at least 4 members (excludes halogenated alkanes) is 3. The quantitative estimate of drug-likeness (QED) is 0.355. The maximum Gasteiger partial charge on any atom is 0.331 e. The highest BCUT2D eigenvalue weighted by Crippen LogP contribution is 2.46. The average molecular weight is 263 g/mol. The fraction of sp³-hybridized carbons (Fsp3) is 0.727. The van der Waals surface area contributed by atoms with Crippen molar-refractivity contribution in [2.45, 2.75) is 51.7 Å². The molecular weight excluding hydrogens is 241 g/mol. The number of carbonyl (C=O) groups is 1. The molecule has 0 aliphatic heterocycles. The molecule has 2 atom stereocenters. The third-order valence-electron chi connectivity index (χ3n) is 2.50. The molecule has 0 fully saturated rings. The van der Waals surface area contributed by atoms with Crippen molar-refractivity contribution in [3.05, 3.63) is 11.4 Å². The molecule has 0 bridgehead atoms. The van der Waals surface area contributed by atoms with Gasteiger partial charge in [0.05, 0.1) is 5.78 Å².